The average molecular weight is 425 g/mol. The molecule has 0 amide bonds. The predicted molar refractivity (Wildman–Crippen MR) is 113 cm³/mol. The van der Waals surface area contributed by atoms with E-state index in [1.165, 1.54) is 18.2 Å². The highest BCUT2D eigenvalue weighted by Gasteiger charge is 2.30. The number of benzene rings is 3. The number of carbonyl (C=O) groups is 1. The minimum absolute atomic E-state index is 0.0157. The van der Waals surface area contributed by atoms with Crippen LogP contribution in [0, 0.1) is 12.7 Å². The SMILES string of the molecule is COc1ccccc1COc1cc(C)c2c(c1)O/C(=C\c1c(F)cccc1Cl)C2=O. The van der Waals surface area contributed by atoms with Crippen LogP contribution in [0.15, 0.2) is 60.4 Å². The van der Waals surface area contributed by atoms with Gasteiger partial charge in [0.25, 0.3) is 0 Å². The van der Waals surface area contributed by atoms with E-state index in [0.29, 0.717) is 29.2 Å². The molecule has 0 saturated carbocycles. The number of carbonyl (C=O) groups excluding carboxylic acids is 1. The molecule has 0 aromatic heterocycles. The van der Waals surface area contributed by atoms with Gasteiger partial charge in [-0.1, -0.05) is 35.9 Å². The van der Waals surface area contributed by atoms with Gasteiger partial charge in [0.2, 0.25) is 5.78 Å². The number of para-hydroxylation sites is 1. The van der Waals surface area contributed by atoms with Crippen molar-refractivity contribution in [2.24, 2.45) is 0 Å². The summed E-state index contributed by atoms with van der Waals surface area (Å²) in [5.74, 6) is 0.817. The molecule has 152 valence electrons. The van der Waals surface area contributed by atoms with Crippen molar-refractivity contribution < 1.29 is 23.4 Å². The number of methoxy groups -OCH3 is 1. The molecule has 1 aliphatic heterocycles. The molecule has 0 fully saturated rings. The van der Waals surface area contributed by atoms with E-state index in [1.54, 1.807) is 32.2 Å². The number of rotatable bonds is 5. The molecule has 0 spiro atoms. The van der Waals surface area contributed by atoms with Gasteiger partial charge in [-0.2, -0.15) is 0 Å². The number of Topliss-reactive ketones (excluding diaryl/α,β-unsaturated/α-hetero) is 1. The van der Waals surface area contributed by atoms with Gasteiger partial charge >= 0.3 is 0 Å². The molecule has 0 atom stereocenters. The Balaban J connectivity index is 1.60. The summed E-state index contributed by atoms with van der Waals surface area (Å²) in [6, 6.07) is 15.3. The molecule has 6 heteroatoms. The quantitative estimate of drug-likeness (QED) is 0.472. The van der Waals surface area contributed by atoms with Crippen LogP contribution in [0.4, 0.5) is 4.39 Å². The number of ether oxygens (including phenoxy) is 3. The van der Waals surface area contributed by atoms with E-state index in [-0.39, 0.29) is 22.1 Å². The minimum Gasteiger partial charge on any atom is -0.496 e. The van der Waals surface area contributed by atoms with Gasteiger partial charge < -0.3 is 14.2 Å². The van der Waals surface area contributed by atoms with Gasteiger partial charge in [-0.05, 0) is 42.8 Å². The Hall–Kier alpha value is -3.31. The Morgan fingerprint density at radius 2 is 1.93 bits per heavy atom. The van der Waals surface area contributed by atoms with Crippen LogP contribution in [-0.4, -0.2) is 12.9 Å². The van der Waals surface area contributed by atoms with Gasteiger partial charge in [0.15, 0.2) is 5.76 Å². The first kappa shape index (κ1) is 20.0. The Morgan fingerprint density at radius 3 is 2.70 bits per heavy atom. The van der Waals surface area contributed by atoms with E-state index >= 15 is 0 Å². The highest BCUT2D eigenvalue weighted by atomic mass is 35.5. The first-order valence-electron chi connectivity index (χ1n) is 9.25. The number of allylic oxidation sites excluding steroid dienone is 1. The monoisotopic (exact) mass is 424 g/mol. The zero-order valence-corrected chi connectivity index (χ0v) is 17.1. The summed E-state index contributed by atoms with van der Waals surface area (Å²) in [4.78, 5) is 12.8. The van der Waals surface area contributed by atoms with Crippen molar-refractivity contribution in [1.29, 1.82) is 0 Å². The summed E-state index contributed by atoms with van der Waals surface area (Å²) in [7, 11) is 1.60. The molecule has 1 aliphatic rings. The molecule has 3 aromatic carbocycles. The van der Waals surface area contributed by atoms with Gasteiger partial charge in [0.05, 0.1) is 17.7 Å². The van der Waals surface area contributed by atoms with Crippen LogP contribution in [0.1, 0.15) is 27.0 Å². The fourth-order valence-electron chi connectivity index (χ4n) is 3.32. The molecule has 30 heavy (non-hydrogen) atoms. The summed E-state index contributed by atoms with van der Waals surface area (Å²) in [6.45, 7) is 2.10. The zero-order chi connectivity index (χ0) is 21.3. The molecule has 1 heterocycles. The number of halogens is 2. The van der Waals surface area contributed by atoms with Crippen LogP contribution in [0.3, 0.4) is 0 Å². The lowest BCUT2D eigenvalue weighted by Gasteiger charge is -2.11. The highest BCUT2D eigenvalue weighted by Crippen LogP contribution is 2.38. The molecule has 0 bridgehead atoms. The Labute approximate surface area is 178 Å². The molecule has 0 aliphatic carbocycles. The summed E-state index contributed by atoms with van der Waals surface area (Å²) in [5, 5.41) is 0.201. The number of aryl methyl sites for hydroxylation is 1. The van der Waals surface area contributed by atoms with Gasteiger partial charge in [-0.25, -0.2) is 4.39 Å². The van der Waals surface area contributed by atoms with Crippen LogP contribution in [0.5, 0.6) is 17.2 Å². The zero-order valence-electron chi connectivity index (χ0n) is 16.4. The van der Waals surface area contributed by atoms with E-state index in [2.05, 4.69) is 0 Å². The first-order chi connectivity index (χ1) is 14.5. The molecular formula is C24H18ClFO4. The van der Waals surface area contributed by atoms with Crippen LogP contribution in [-0.2, 0) is 6.61 Å². The van der Waals surface area contributed by atoms with E-state index in [9.17, 15) is 9.18 Å². The third-order valence-corrected chi connectivity index (χ3v) is 5.14. The maximum Gasteiger partial charge on any atom is 0.232 e. The van der Waals surface area contributed by atoms with E-state index < -0.39 is 5.82 Å². The summed E-state index contributed by atoms with van der Waals surface area (Å²) in [6.07, 6.45) is 1.33. The summed E-state index contributed by atoms with van der Waals surface area (Å²) < 4.78 is 31.1. The molecule has 4 nitrogen and oxygen atoms in total. The van der Waals surface area contributed by atoms with Crippen molar-refractivity contribution in [2.45, 2.75) is 13.5 Å². The lowest BCUT2D eigenvalue weighted by molar-refractivity contribution is 0.101. The van der Waals surface area contributed by atoms with Crippen molar-refractivity contribution in [3.8, 4) is 17.2 Å². The van der Waals surface area contributed by atoms with Gasteiger partial charge in [0.1, 0.15) is 29.7 Å². The lowest BCUT2D eigenvalue weighted by Crippen LogP contribution is -2.01. The standard InChI is InChI=1S/C24H18ClFO4/c1-14-10-16(29-13-15-6-3-4-9-20(15)28-2)11-21-23(14)24(27)22(30-21)12-17-18(25)7-5-8-19(17)26/h3-12H,13H2,1-2H3/b22-12-. The molecule has 0 radical (unpaired) electrons. The maximum absolute atomic E-state index is 14.1. The van der Waals surface area contributed by atoms with Crippen LogP contribution >= 0.6 is 11.6 Å². The van der Waals surface area contributed by atoms with Gasteiger partial charge in [0, 0.05) is 17.2 Å². The number of ketones is 1. The molecule has 0 saturated heterocycles. The van der Waals surface area contributed by atoms with Crippen LogP contribution < -0.4 is 14.2 Å². The lowest BCUT2D eigenvalue weighted by atomic mass is 10.0. The van der Waals surface area contributed by atoms with Crippen molar-refractivity contribution in [3.05, 3.63) is 93.5 Å². The normalized spacial score (nSPS) is 13.9. The Kier molecular flexibility index (Phi) is 5.46. The van der Waals surface area contributed by atoms with Crippen molar-refractivity contribution in [3.63, 3.8) is 0 Å². The fraction of sp³-hybridized carbons (Fsp3) is 0.125. The van der Waals surface area contributed by atoms with E-state index in [1.807, 2.05) is 24.3 Å². The van der Waals surface area contributed by atoms with E-state index in [4.69, 9.17) is 25.8 Å². The molecule has 0 N–H and O–H groups in total. The third kappa shape index (κ3) is 3.76. The smallest absolute Gasteiger partial charge is 0.232 e. The highest BCUT2D eigenvalue weighted by molar-refractivity contribution is 6.32. The Bertz CT molecular complexity index is 1150. The topological polar surface area (TPSA) is 44.8 Å². The first-order valence-corrected chi connectivity index (χ1v) is 9.63. The summed E-state index contributed by atoms with van der Waals surface area (Å²) >= 11 is 6.07. The number of hydrogen-bond donors (Lipinski definition) is 0. The number of fused-ring (bicyclic) bond motifs is 1. The second-order valence-corrected chi connectivity index (χ2v) is 7.20. The Morgan fingerprint density at radius 1 is 1.13 bits per heavy atom. The minimum atomic E-state index is -0.528. The molecule has 4 rings (SSSR count). The van der Waals surface area contributed by atoms with Crippen molar-refractivity contribution in [2.75, 3.05) is 7.11 Å². The van der Waals surface area contributed by atoms with Crippen molar-refractivity contribution >= 4 is 23.5 Å². The fourth-order valence-corrected chi connectivity index (χ4v) is 3.54. The predicted octanol–water partition coefficient (Wildman–Crippen LogP) is 5.99. The third-order valence-electron chi connectivity index (χ3n) is 4.81. The van der Waals surface area contributed by atoms with Crippen molar-refractivity contribution in [1.82, 2.24) is 0 Å². The van der Waals surface area contributed by atoms with Gasteiger partial charge in [-0.15, -0.1) is 0 Å². The second-order valence-electron chi connectivity index (χ2n) is 6.79. The average Bonchev–Trinajstić information content (AvgIpc) is 3.05. The number of hydrogen-bond acceptors (Lipinski definition) is 4. The maximum atomic E-state index is 14.1. The van der Waals surface area contributed by atoms with Crippen LogP contribution in [0.25, 0.3) is 6.08 Å². The largest absolute Gasteiger partial charge is 0.496 e. The molecule has 3 aromatic rings. The van der Waals surface area contributed by atoms with Crippen LogP contribution in [0.2, 0.25) is 5.02 Å². The molecular weight excluding hydrogens is 407 g/mol. The van der Waals surface area contributed by atoms with E-state index in [0.717, 1.165) is 11.3 Å². The molecule has 0 unspecified atom stereocenters. The second kappa shape index (κ2) is 8.20. The summed E-state index contributed by atoms with van der Waals surface area (Å²) in [5.41, 5.74) is 2.14. The van der Waals surface area contributed by atoms with Gasteiger partial charge in [-0.3, -0.25) is 4.79 Å².